The fourth-order valence-corrected chi connectivity index (χ4v) is 4.64. The molecule has 1 atom stereocenters. The Morgan fingerprint density at radius 3 is 2.70 bits per heavy atom. The predicted molar refractivity (Wildman–Crippen MR) is 120 cm³/mol. The second-order valence-electron chi connectivity index (χ2n) is 8.55. The maximum atomic E-state index is 5.52. The molecule has 0 saturated carbocycles. The van der Waals surface area contributed by atoms with Crippen LogP contribution in [0.3, 0.4) is 0 Å². The summed E-state index contributed by atoms with van der Waals surface area (Å²) in [7, 11) is 0. The van der Waals surface area contributed by atoms with Crippen molar-refractivity contribution in [2.45, 2.75) is 33.2 Å². The summed E-state index contributed by atoms with van der Waals surface area (Å²) in [6, 6.07) is 6.29. The molecule has 0 aromatic heterocycles. The minimum atomic E-state index is 0.335. The molecule has 30 heavy (non-hydrogen) atoms. The fourth-order valence-electron chi connectivity index (χ4n) is 4.64. The smallest absolute Gasteiger partial charge is 0.231 e. The lowest BCUT2D eigenvalue weighted by molar-refractivity contribution is 0.169. The number of ether oxygens (including phenoxy) is 2. The van der Waals surface area contributed by atoms with Crippen molar-refractivity contribution >= 4 is 5.96 Å². The summed E-state index contributed by atoms with van der Waals surface area (Å²) < 4.78 is 10.9. The van der Waals surface area contributed by atoms with Crippen LogP contribution in [-0.2, 0) is 6.54 Å². The quantitative estimate of drug-likeness (QED) is 0.568. The lowest BCUT2D eigenvalue weighted by Gasteiger charge is -2.37. The van der Waals surface area contributed by atoms with Gasteiger partial charge in [0.05, 0.1) is 0 Å². The SMILES string of the molecule is CCNC(=NCC1CCCN(CC)C1)N1CCN(Cc2ccc3c(c2)OCO3)CC1. The number of piperidine rings is 1. The van der Waals surface area contributed by atoms with Gasteiger partial charge in [-0.15, -0.1) is 0 Å². The van der Waals surface area contributed by atoms with E-state index in [2.05, 4.69) is 46.0 Å². The normalized spacial score (nSPS) is 23.1. The van der Waals surface area contributed by atoms with Crippen LogP contribution in [0.4, 0.5) is 0 Å². The van der Waals surface area contributed by atoms with Crippen molar-refractivity contribution in [1.29, 1.82) is 0 Å². The molecular formula is C23H37N5O2. The van der Waals surface area contributed by atoms with Crippen molar-refractivity contribution < 1.29 is 9.47 Å². The summed E-state index contributed by atoms with van der Waals surface area (Å²) >= 11 is 0. The number of fused-ring (bicyclic) bond motifs is 1. The van der Waals surface area contributed by atoms with Crippen LogP contribution in [0.5, 0.6) is 11.5 Å². The second-order valence-corrected chi connectivity index (χ2v) is 8.55. The largest absolute Gasteiger partial charge is 0.454 e. The predicted octanol–water partition coefficient (Wildman–Crippen LogP) is 2.23. The van der Waals surface area contributed by atoms with Gasteiger partial charge in [0.25, 0.3) is 0 Å². The molecule has 7 nitrogen and oxygen atoms in total. The molecular weight excluding hydrogens is 378 g/mol. The van der Waals surface area contributed by atoms with Gasteiger partial charge >= 0.3 is 0 Å². The van der Waals surface area contributed by atoms with E-state index in [9.17, 15) is 0 Å². The summed E-state index contributed by atoms with van der Waals surface area (Å²) in [4.78, 5) is 12.5. The van der Waals surface area contributed by atoms with Crippen LogP contribution in [0.25, 0.3) is 0 Å². The standard InChI is InChI=1S/C23H37N5O2/c1-3-24-23(25-15-20-6-5-9-26(4-2)17-20)28-12-10-27(11-13-28)16-19-7-8-21-22(14-19)30-18-29-21/h7-8,14,20H,3-6,9-13,15-18H2,1-2H3,(H,24,25). The summed E-state index contributed by atoms with van der Waals surface area (Å²) in [5.74, 6) is 3.51. The number of nitrogens with zero attached hydrogens (tertiary/aromatic N) is 4. The molecule has 2 saturated heterocycles. The Balaban J connectivity index is 1.28. The number of guanidine groups is 1. The molecule has 1 aromatic carbocycles. The molecule has 3 aliphatic rings. The number of rotatable bonds is 6. The van der Waals surface area contributed by atoms with Crippen LogP contribution >= 0.6 is 0 Å². The van der Waals surface area contributed by atoms with E-state index in [1.54, 1.807) is 0 Å². The number of hydrogen-bond acceptors (Lipinski definition) is 5. The van der Waals surface area contributed by atoms with E-state index >= 15 is 0 Å². The molecule has 0 bridgehead atoms. The van der Waals surface area contributed by atoms with Gasteiger partial charge in [0.2, 0.25) is 6.79 Å². The molecule has 2 fully saturated rings. The van der Waals surface area contributed by atoms with E-state index in [1.807, 2.05) is 6.07 Å². The van der Waals surface area contributed by atoms with Gasteiger partial charge in [-0.25, -0.2) is 0 Å². The van der Waals surface area contributed by atoms with E-state index in [0.717, 1.165) is 69.8 Å². The summed E-state index contributed by atoms with van der Waals surface area (Å²) in [5.41, 5.74) is 1.28. The number of likely N-dealkylation sites (tertiary alicyclic amines) is 1. The Kier molecular flexibility index (Phi) is 7.33. The molecule has 3 heterocycles. The van der Waals surface area contributed by atoms with Crippen molar-refractivity contribution in [2.75, 3.05) is 65.7 Å². The van der Waals surface area contributed by atoms with E-state index in [4.69, 9.17) is 14.5 Å². The average molecular weight is 416 g/mol. The minimum absolute atomic E-state index is 0.335. The summed E-state index contributed by atoms with van der Waals surface area (Å²) in [6.07, 6.45) is 2.62. The highest BCUT2D eigenvalue weighted by molar-refractivity contribution is 5.80. The van der Waals surface area contributed by atoms with Crippen molar-refractivity contribution in [3.63, 3.8) is 0 Å². The molecule has 0 spiro atoms. The first-order valence-corrected chi connectivity index (χ1v) is 11.6. The fraction of sp³-hybridized carbons (Fsp3) is 0.696. The van der Waals surface area contributed by atoms with Gasteiger partial charge < -0.3 is 24.6 Å². The number of piperazine rings is 1. The first-order chi connectivity index (χ1) is 14.7. The number of hydrogen-bond donors (Lipinski definition) is 1. The molecule has 0 radical (unpaired) electrons. The maximum absolute atomic E-state index is 5.52. The summed E-state index contributed by atoms with van der Waals surface area (Å²) in [5, 5.41) is 3.52. The van der Waals surface area contributed by atoms with Crippen LogP contribution in [0.1, 0.15) is 32.3 Å². The van der Waals surface area contributed by atoms with E-state index in [-0.39, 0.29) is 0 Å². The number of nitrogens with one attached hydrogen (secondary N) is 1. The van der Waals surface area contributed by atoms with Crippen LogP contribution in [0.15, 0.2) is 23.2 Å². The second kappa shape index (κ2) is 10.4. The van der Waals surface area contributed by atoms with E-state index in [1.165, 1.54) is 31.5 Å². The van der Waals surface area contributed by atoms with E-state index < -0.39 is 0 Å². The molecule has 1 unspecified atom stereocenters. The first kappa shape index (κ1) is 21.2. The lowest BCUT2D eigenvalue weighted by Crippen LogP contribution is -2.52. The highest BCUT2D eigenvalue weighted by Crippen LogP contribution is 2.32. The zero-order valence-corrected chi connectivity index (χ0v) is 18.6. The third-order valence-corrected chi connectivity index (χ3v) is 6.40. The molecule has 0 aliphatic carbocycles. The van der Waals surface area contributed by atoms with Gasteiger partial charge in [-0.2, -0.15) is 0 Å². The lowest BCUT2D eigenvalue weighted by atomic mass is 9.98. The molecule has 0 amide bonds. The topological polar surface area (TPSA) is 52.6 Å². The number of benzene rings is 1. The molecule has 1 aromatic rings. The minimum Gasteiger partial charge on any atom is -0.454 e. The van der Waals surface area contributed by atoms with Gasteiger partial charge in [0, 0.05) is 52.4 Å². The summed E-state index contributed by atoms with van der Waals surface area (Å²) in [6.45, 7) is 15.3. The maximum Gasteiger partial charge on any atom is 0.231 e. The first-order valence-electron chi connectivity index (χ1n) is 11.6. The van der Waals surface area contributed by atoms with Crippen molar-refractivity contribution in [2.24, 2.45) is 10.9 Å². The van der Waals surface area contributed by atoms with Gasteiger partial charge in [-0.1, -0.05) is 13.0 Å². The van der Waals surface area contributed by atoms with E-state index in [0.29, 0.717) is 12.7 Å². The van der Waals surface area contributed by atoms with Gasteiger partial charge in [-0.3, -0.25) is 9.89 Å². The van der Waals surface area contributed by atoms with Gasteiger partial charge in [0.15, 0.2) is 17.5 Å². The zero-order chi connectivity index (χ0) is 20.8. The Bertz CT molecular complexity index is 718. The molecule has 4 rings (SSSR count). The van der Waals surface area contributed by atoms with Gasteiger partial charge in [-0.05, 0) is 56.5 Å². The molecule has 1 N–H and O–H groups in total. The third-order valence-electron chi connectivity index (χ3n) is 6.40. The van der Waals surface area contributed by atoms with Crippen LogP contribution in [-0.4, -0.2) is 86.4 Å². The third kappa shape index (κ3) is 5.38. The Hall–Kier alpha value is -1.99. The molecule has 7 heteroatoms. The Morgan fingerprint density at radius 1 is 1.07 bits per heavy atom. The van der Waals surface area contributed by atoms with Gasteiger partial charge in [0.1, 0.15) is 0 Å². The highest BCUT2D eigenvalue weighted by atomic mass is 16.7. The van der Waals surface area contributed by atoms with Crippen molar-refractivity contribution in [3.05, 3.63) is 23.8 Å². The molecule has 166 valence electrons. The monoisotopic (exact) mass is 415 g/mol. The number of aliphatic imine (C=N–C) groups is 1. The van der Waals surface area contributed by atoms with Crippen LogP contribution < -0.4 is 14.8 Å². The van der Waals surface area contributed by atoms with Crippen molar-refractivity contribution in [1.82, 2.24) is 20.0 Å². The highest BCUT2D eigenvalue weighted by Gasteiger charge is 2.22. The zero-order valence-electron chi connectivity index (χ0n) is 18.6. The van der Waals surface area contributed by atoms with Crippen LogP contribution in [0.2, 0.25) is 0 Å². The Labute approximate surface area is 181 Å². The Morgan fingerprint density at radius 2 is 1.90 bits per heavy atom. The van der Waals surface area contributed by atoms with Crippen LogP contribution in [0, 0.1) is 5.92 Å². The van der Waals surface area contributed by atoms with Crippen molar-refractivity contribution in [3.8, 4) is 11.5 Å². The average Bonchev–Trinajstić information content (AvgIpc) is 3.25. The molecule has 3 aliphatic heterocycles.